The fourth-order valence-electron chi connectivity index (χ4n) is 2.78. The first-order valence-corrected chi connectivity index (χ1v) is 9.03. The number of carbonyl (C=O) groups excluding carboxylic acids is 1. The van der Waals surface area contributed by atoms with Crippen LogP contribution in [0.1, 0.15) is 6.42 Å². The minimum absolute atomic E-state index is 0.126. The predicted molar refractivity (Wildman–Crippen MR) is 109 cm³/mol. The molecule has 7 heteroatoms. The van der Waals surface area contributed by atoms with E-state index in [9.17, 15) is 9.59 Å². The molecule has 2 rings (SSSR count). The number of para-hydroxylation sites is 1. The van der Waals surface area contributed by atoms with Gasteiger partial charge in [0, 0.05) is 12.7 Å². The van der Waals surface area contributed by atoms with Gasteiger partial charge < -0.3 is 19.6 Å². The number of ether oxygens (including phenoxy) is 1. The standard InChI is InChI=1S/C21H27N3O4/c1-23(21(27)22-16(14-20(25)26)15-24(2,3)4)17-10-12-19(13-11-17)28-18-8-6-5-7-9-18/h5-13,16H,14-15H2,1-4H3,(H-,22,25,26,27)/p+1/t16-/m1/s1. The minimum atomic E-state index is -0.941. The Morgan fingerprint density at radius 2 is 1.61 bits per heavy atom. The lowest BCUT2D eigenvalue weighted by atomic mass is 10.2. The first-order chi connectivity index (χ1) is 13.1. The summed E-state index contributed by atoms with van der Waals surface area (Å²) in [6.45, 7) is 0.510. The van der Waals surface area contributed by atoms with E-state index < -0.39 is 12.0 Å². The van der Waals surface area contributed by atoms with E-state index in [0.29, 0.717) is 22.5 Å². The predicted octanol–water partition coefficient (Wildman–Crippen LogP) is 3.17. The summed E-state index contributed by atoms with van der Waals surface area (Å²) in [5.74, 6) is 0.458. The average molecular weight is 386 g/mol. The molecule has 0 fully saturated rings. The lowest BCUT2D eigenvalue weighted by Gasteiger charge is -2.30. The monoisotopic (exact) mass is 386 g/mol. The lowest BCUT2D eigenvalue weighted by molar-refractivity contribution is -0.871. The third-order valence-electron chi connectivity index (χ3n) is 4.02. The summed E-state index contributed by atoms with van der Waals surface area (Å²) in [4.78, 5) is 25.2. The molecule has 0 radical (unpaired) electrons. The van der Waals surface area contributed by atoms with E-state index >= 15 is 0 Å². The van der Waals surface area contributed by atoms with Gasteiger partial charge in [-0.2, -0.15) is 0 Å². The molecule has 7 nitrogen and oxygen atoms in total. The molecule has 0 unspecified atom stereocenters. The second kappa shape index (κ2) is 9.23. The van der Waals surface area contributed by atoms with Crippen molar-refractivity contribution < 1.29 is 23.9 Å². The smallest absolute Gasteiger partial charge is 0.322 e. The van der Waals surface area contributed by atoms with E-state index in [2.05, 4.69) is 5.32 Å². The fraction of sp³-hybridized carbons (Fsp3) is 0.333. The summed E-state index contributed by atoms with van der Waals surface area (Å²) in [6.07, 6.45) is -0.126. The van der Waals surface area contributed by atoms with E-state index in [1.165, 1.54) is 4.90 Å². The molecule has 2 aromatic rings. The van der Waals surface area contributed by atoms with Crippen LogP contribution in [-0.2, 0) is 4.79 Å². The Bertz CT molecular complexity index is 786. The molecular formula is C21H28N3O4+. The molecule has 150 valence electrons. The number of hydrogen-bond donors (Lipinski definition) is 2. The van der Waals surface area contributed by atoms with Gasteiger partial charge in [0.05, 0.1) is 40.2 Å². The summed E-state index contributed by atoms with van der Waals surface area (Å²) >= 11 is 0. The lowest BCUT2D eigenvalue weighted by Crippen LogP contribution is -2.52. The number of nitrogens with one attached hydrogen (secondary N) is 1. The average Bonchev–Trinajstić information content (AvgIpc) is 2.60. The maximum atomic E-state index is 12.6. The van der Waals surface area contributed by atoms with Crippen molar-refractivity contribution in [3.05, 3.63) is 54.6 Å². The Hall–Kier alpha value is -3.06. The number of anilines is 1. The van der Waals surface area contributed by atoms with Gasteiger partial charge in [0.2, 0.25) is 0 Å². The first kappa shape index (κ1) is 21.2. The van der Waals surface area contributed by atoms with Crippen LogP contribution in [0.25, 0.3) is 0 Å². The van der Waals surface area contributed by atoms with Gasteiger partial charge in [-0.05, 0) is 36.4 Å². The number of likely N-dealkylation sites (N-methyl/N-ethyl adjacent to an activating group) is 1. The molecule has 0 spiro atoms. The zero-order valence-corrected chi connectivity index (χ0v) is 16.8. The van der Waals surface area contributed by atoms with Crippen LogP contribution in [0.4, 0.5) is 10.5 Å². The second-order valence-electron chi connectivity index (χ2n) is 7.69. The molecule has 0 aliphatic rings. The number of quaternary nitrogens is 1. The van der Waals surface area contributed by atoms with Crippen LogP contribution < -0.4 is 15.0 Å². The van der Waals surface area contributed by atoms with Gasteiger partial charge in [-0.1, -0.05) is 18.2 Å². The highest BCUT2D eigenvalue weighted by Gasteiger charge is 2.24. The summed E-state index contributed by atoms with van der Waals surface area (Å²) in [5.41, 5.74) is 0.678. The SMILES string of the molecule is CN(C(=O)N[C@H](CC(=O)O)C[N+](C)(C)C)c1ccc(Oc2ccccc2)cc1. The molecule has 1 atom stereocenters. The van der Waals surface area contributed by atoms with Gasteiger partial charge in [0.25, 0.3) is 0 Å². The first-order valence-electron chi connectivity index (χ1n) is 9.03. The third kappa shape index (κ3) is 6.92. The largest absolute Gasteiger partial charge is 0.481 e. The van der Waals surface area contributed by atoms with Crippen molar-refractivity contribution in [2.24, 2.45) is 0 Å². The second-order valence-corrected chi connectivity index (χ2v) is 7.69. The molecule has 2 aromatic carbocycles. The number of rotatable bonds is 8. The van der Waals surface area contributed by atoms with Crippen LogP contribution in [0, 0.1) is 0 Å². The van der Waals surface area contributed by atoms with Crippen LogP contribution in [-0.4, -0.2) is 62.4 Å². The highest BCUT2D eigenvalue weighted by atomic mass is 16.5. The van der Waals surface area contributed by atoms with Crippen molar-refractivity contribution in [3.8, 4) is 11.5 Å². The number of amides is 2. The van der Waals surface area contributed by atoms with Crippen molar-refractivity contribution >= 4 is 17.7 Å². The molecule has 0 aromatic heterocycles. The number of benzene rings is 2. The van der Waals surface area contributed by atoms with Crippen LogP contribution in [0.15, 0.2) is 54.6 Å². The van der Waals surface area contributed by atoms with Gasteiger partial charge in [-0.15, -0.1) is 0 Å². The van der Waals surface area contributed by atoms with Gasteiger partial charge >= 0.3 is 12.0 Å². The summed E-state index contributed by atoms with van der Waals surface area (Å²) in [5, 5.41) is 11.9. The molecule has 28 heavy (non-hydrogen) atoms. The Balaban J connectivity index is 2.01. The minimum Gasteiger partial charge on any atom is -0.481 e. The Morgan fingerprint density at radius 3 is 2.14 bits per heavy atom. The molecule has 0 heterocycles. The molecule has 0 aliphatic carbocycles. The fourth-order valence-corrected chi connectivity index (χ4v) is 2.78. The summed E-state index contributed by atoms with van der Waals surface area (Å²) in [7, 11) is 7.51. The van der Waals surface area contributed by atoms with Crippen molar-refractivity contribution in [2.45, 2.75) is 12.5 Å². The maximum absolute atomic E-state index is 12.6. The molecule has 0 saturated heterocycles. The van der Waals surface area contributed by atoms with Crippen LogP contribution in [0.5, 0.6) is 11.5 Å². The number of hydrogen-bond acceptors (Lipinski definition) is 3. The zero-order chi connectivity index (χ0) is 20.7. The van der Waals surface area contributed by atoms with E-state index in [1.54, 1.807) is 31.3 Å². The Labute approximate surface area is 165 Å². The maximum Gasteiger partial charge on any atom is 0.322 e. The van der Waals surface area contributed by atoms with Crippen LogP contribution >= 0.6 is 0 Å². The Morgan fingerprint density at radius 1 is 1.04 bits per heavy atom. The van der Waals surface area contributed by atoms with Crippen molar-refractivity contribution in [1.82, 2.24) is 5.32 Å². The number of carbonyl (C=O) groups is 2. The number of nitrogens with zero attached hydrogens (tertiary/aromatic N) is 2. The topological polar surface area (TPSA) is 78.9 Å². The number of aliphatic carboxylic acids is 1. The number of urea groups is 1. The van der Waals surface area contributed by atoms with Gasteiger partial charge in [0.15, 0.2) is 0 Å². The Kier molecular flexibility index (Phi) is 7.00. The van der Waals surface area contributed by atoms with Gasteiger partial charge in [-0.25, -0.2) is 4.79 Å². The van der Waals surface area contributed by atoms with Crippen molar-refractivity contribution in [3.63, 3.8) is 0 Å². The van der Waals surface area contributed by atoms with E-state index in [0.717, 1.165) is 5.75 Å². The zero-order valence-electron chi connectivity index (χ0n) is 16.8. The van der Waals surface area contributed by atoms with Crippen molar-refractivity contribution in [1.29, 1.82) is 0 Å². The van der Waals surface area contributed by atoms with Crippen molar-refractivity contribution in [2.75, 3.05) is 39.6 Å². The highest BCUT2D eigenvalue weighted by Crippen LogP contribution is 2.24. The van der Waals surface area contributed by atoms with E-state index in [1.807, 2.05) is 51.5 Å². The summed E-state index contributed by atoms with van der Waals surface area (Å²) in [6, 6.07) is 15.8. The van der Waals surface area contributed by atoms with Crippen LogP contribution in [0.3, 0.4) is 0 Å². The van der Waals surface area contributed by atoms with Gasteiger partial charge in [0.1, 0.15) is 11.5 Å². The molecule has 2 N–H and O–H groups in total. The molecule has 0 aliphatic heterocycles. The third-order valence-corrected chi connectivity index (χ3v) is 4.02. The van der Waals surface area contributed by atoms with E-state index in [-0.39, 0.29) is 12.5 Å². The highest BCUT2D eigenvalue weighted by molar-refractivity contribution is 5.91. The molecule has 0 bridgehead atoms. The van der Waals surface area contributed by atoms with E-state index in [4.69, 9.17) is 9.84 Å². The summed E-state index contributed by atoms with van der Waals surface area (Å²) < 4.78 is 6.30. The number of carboxylic acids is 1. The molecule has 0 saturated carbocycles. The number of carboxylic acid groups (broad SMARTS) is 1. The quantitative estimate of drug-likeness (QED) is 0.683. The van der Waals surface area contributed by atoms with Crippen LogP contribution in [0.2, 0.25) is 0 Å². The van der Waals surface area contributed by atoms with Gasteiger partial charge in [-0.3, -0.25) is 9.69 Å². The molecule has 2 amide bonds. The normalized spacial score (nSPS) is 12.1. The molecular weight excluding hydrogens is 358 g/mol.